The minimum absolute atomic E-state index is 0.108. The summed E-state index contributed by atoms with van der Waals surface area (Å²) in [6.07, 6.45) is 4.25. The number of hydrogen-bond donors (Lipinski definition) is 0. The Labute approximate surface area is 206 Å². The molecule has 4 rings (SSSR count). The molecule has 1 aliphatic carbocycles. The Hall–Kier alpha value is -3.05. The fraction of sp³-hybridized carbons (Fsp3) is 0.357. The molecule has 1 heterocycles. The maximum Gasteiger partial charge on any atom is 0.347 e. The topological polar surface area (TPSA) is 57.7 Å². The van der Waals surface area contributed by atoms with Gasteiger partial charge in [0.25, 0.3) is 0 Å². The van der Waals surface area contributed by atoms with Gasteiger partial charge >= 0.3 is 5.97 Å². The maximum atomic E-state index is 13.0. The van der Waals surface area contributed by atoms with Crippen LogP contribution in [0.15, 0.2) is 66.7 Å². The van der Waals surface area contributed by atoms with Gasteiger partial charge in [0, 0.05) is 12.5 Å². The summed E-state index contributed by atoms with van der Waals surface area (Å²) in [6.45, 7) is 2.29. The zero-order chi connectivity index (χ0) is 23.8. The molecule has 0 saturated heterocycles. The summed E-state index contributed by atoms with van der Waals surface area (Å²) in [4.78, 5) is 17.8. The van der Waals surface area contributed by atoms with E-state index in [0.717, 1.165) is 42.5 Å². The Morgan fingerprint density at radius 1 is 1.00 bits per heavy atom. The van der Waals surface area contributed by atoms with Crippen LogP contribution in [0.5, 0.6) is 11.6 Å². The molecule has 5 nitrogen and oxygen atoms in total. The summed E-state index contributed by atoms with van der Waals surface area (Å²) < 4.78 is 17.8. The van der Waals surface area contributed by atoms with Gasteiger partial charge in [-0.05, 0) is 37.3 Å². The molecule has 178 valence electrons. The second-order valence-corrected chi connectivity index (χ2v) is 8.97. The average molecular weight is 480 g/mol. The van der Waals surface area contributed by atoms with E-state index in [0.29, 0.717) is 12.2 Å². The molecule has 3 aromatic rings. The lowest BCUT2D eigenvalue weighted by atomic mass is 9.97. The standard InChI is InChI=1S/C28H30ClNO4/c1-2-32-28(31)26-25(34-24-16-10-9-15-23(24)29)18-22(17-20-11-5-3-6-12-20)30-27(26)33-19-21-13-7-4-8-14-21/h3-8,11-14,18,23-24H,2,9-10,15-17,19H2,1H3. The van der Waals surface area contributed by atoms with Crippen molar-refractivity contribution >= 4 is 17.6 Å². The molecule has 2 aromatic carbocycles. The van der Waals surface area contributed by atoms with E-state index in [1.807, 2.05) is 66.7 Å². The van der Waals surface area contributed by atoms with Gasteiger partial charge in [-0.3, -0.25) is 0 Å². The number of carbonyl (C=O) groups is 1. The van der Waals surface area contributed by atoms with Crippen molar-refractivity contribution in [2.45, 2.75) is 57.1 Å². The monoisotopic (exact) mass is 479 g/mol. The Morgan fingerprint density at radius 3 is 2.35 bits per heavy atom. The Balaban J connectivity index is 1.72. The number of benzene rings is 2. The summed E-state index contributed by atoms with van der Waals surface area (Å²) in [6, 6.07) is 21.7. The van der Waals surface area contributed by atoms with Gasteiger partial charge in [-0.25, -0.2) is 9.78 Å². The third kappa shape index (κ3) is 6.29. The van der Waals surface area contributed by atoms with Gasteiger partial charge in [0.1, 0.15) is 18.5 Å². The third-order valence-corrected chi connectivity index (χ3v) is 6.33. The van der Waals surface area contributed by atoms with E-state index in [1.165, 1.54) is 0 Å². The number of rotatable bonds is 9. The molecule has 2 atom stereocenters. The fourth-order valence-electron chi connectivity index (χ4n) is 4.10. The van der Waals surface area contributed by atoms with Crippen molar-refractivity contribution in [3.05, 3.63) is 89.1 Å². The highest BCUT2D eigenvalue weighted by Crippen LogP contribution is 2.34. The predicted molar refractivity (Wildman–Crippen MR) is 133 cm³/mol. The molecule has 6 heteroatoms. The van der Waals surface area contributed by atoms with Crippen LogP contribution in [0.25, 0.3) is 0 Å². The van der Waals surface area contributed by atoms with E-state index in [4.69, 9.17) is 30.8 Å². The third-order valence-electron chi connectivity index (χ3n) is 5.83. The molecule has 0 amide bonds. The van der Waals surface area contributed by atoms with E-state index in [1.54, 1.807) is 6.92 Å². The number of alkyl halides is 1. The van der Waals surface area contributed by atoms with Crippen molar-refractivity contribution in [2.75, 3.05) is 6.61 Å². The zero-order valence-electron chi connectivity index (χ0n) is 19.4. The molecule has 0 N–H and O–H groups in total. The van der Waals surface area contributed by atoms with Gasteiger partial charge in [-0.2, -0.15) is 0 Å². The number of halogens is 1. The summed E-state index contributed by atoms with van der Waals surface area (Å²) in [5, 5.41) is -0.108. The highest BCUT2D eigenvalue weighted by Gasteiger charge is 2.30. The van der Waals surface area contributed by atoms with Gasteiger partial charge < -0.3 is 14.2 Å². The number of esters is 1. The molecule has 0 bridgehead atoms. The van der Waals surface area contributed by atoms with Crippen LogP contribution >= 0.6 is 11.6 Å². The van der Waals surface area contributed by atoms with Gasteiger partial charge in [-0.1, -0.05) is 67.1 Å². The Bertz CT molecular complexity index is 1070. The molecule has 1 aromatic heterocycles. The minimum atomic E-state index is -0.513. The summed E-state index contributed by atoms with van der Waals surface area (Å²) >= 11 is 6.59. The van der Waals surface area contributed by atoms with Crippen LogP contribution in [0.2, 0.25) is 0 Å². The largest absolute Gasteiger partial charge is 0.488 e. The molecule has 1 fully saturated rings. The van der Waals surface area contributed by atoms with Crippen molar-refractivity contribution < 1.29 is 19.0 Å². The lowest BCUT2D eigenvalue weighted by Gasteiger charge is -2.29. The second kappa shape index (κ2) is 11.9. The SMILES string of the molecule is CCOC(=O)c1c(OC2CCCCC2Cl)cc(Cc2ccccc2)nc1OCc1ccccc1. The molecule has 0 aliphatic heterocycles. The Kier molecular flexibility index (Phi) is 8.42. The van der Waals surface area contributed by atoms with E-state index >= 15 is 0 Å². The molecule has 2 unspecified atom stereocenters. The molecule has 0 spiro atoms. The lowest BCUT2D eigenvalue weighted by Crippen LogP contribution is -2.31. The lowest BCUT2D eigenvalue weighted by molar-refractivity contribution is 0.0509. The number of aromatic nitrogens is 1. The van der Waals surface area contributed by atoms with Crippen molar-refractivity contribution in [1.82, 2.24) is 4.98 Å². The van der Waals surface area contributed by atoms with E-state index in [-0.39, 0.29) is 36.1 Å². The summed E-state index contributed by atoms with van der Waals surface area (Å²) in [5.74, 6) is 0.119. The van der Waals surface area contributed by atoms with Crippen molar-refractivity contribution in [3.63, 3.8) is 0 Å². The number of ether oxygens (including phenoxy) is 3. The van der Waals surface area contributed by atoms with Crippen LogP contribution in [0.4, 0.5) is 0 Å². The molecule has 1 aliphatic rings. The second-order valence-electron chi connectivity index (χ2n) is 8.41. The quantitative estimate of drug-likeness (QED) is 0.264. The number of nitrogens with zero attached hydrogens (tertiary/aromatic N) is 1. The van der Waals surface area contributed by atoms with E-state index < -0.39 is 5.97 Å². The number of hydrogen-bond acceptors (Lipinski definition) is 5. The average Bonchev–Trinajstić information content (AvgIpc) is 2.85. The van der Waals surface area contributed by atoms with Crippen LogP contribution in [0.3, 0.4) is 0 Å². The minimum Gasteiger partial charge on any atom is -0.488 e. The highest BCUT2D eigenvalue weighted by atomic mass is 35.5. The van der Waals surface area contributed by atoms with Crippen molar-refractivity contribution in [2.24, 2.45) is 0 Å². The number of carbonyl (C=O) groups excluding carboxylic acids is 1. The summed E-state index contributed by atoms with van der Waals surface area (Å²) in [7, 11) is 0. The van der Waals surface area contributed by atoms with Crippen LogP contribution in [-0.4, -0.2) is 29.0 Å². The molecule has 1 saturated carbocycles. The number of pyridine rings is 1. The van der Waals surface area contributed by atoms with Crippen molar-refractivity contribution in [1.29, 1.82) is 0 Å². The Morgan fingerprint density at radius 2 is 1.68 bits per heavy atom. The first kappa shape index (κ1) is 24.1. The highest BCUT2D eigenvalue weighted by molar-refractivity contribution is 6.21. The van der Waals surface area contributed by atoms with Crippen LogP contribution in [-0.2, 0) is 17.8 Å². The first-order chi connectivity index (χ1) is 16.6. The van der Waals surface area contributed by atoms with Gasteiger partial charge in [-0.15, -0.1) is 11.6 Å². The first-order valence-electron chi connectivity index (χ1n) is 11.9. The zero-order valence-corrected chi connectivity index (χ0v) is 20.2. The first-order valence-corrected chi connectivity index (χ1v) is 12.3. The predicted octanol–water partition coefficient (Wildman–Crippen LogP) is 6.36. The van der Waals surface area contributed by atoms with Crippen molar-refractivity contribution in [3.8, 4) is 11.6 Å². The van der Waals surface area contributed by atoms with Crippen LogP contribution < -0.4 is 9.47 Å². The fourth-order valence-corrected chi connectivity index (χ4v) is 4.44. The molecule has 0 radical (unpaired) electrons. The smallest absolute Gasteiger partial charge is 0.347 e. The maximum absolute atomic E-state index is 13.0. The molecule has 34 heavy (non-hydrogen) atoms. The normalized spacial score (nSPS) is 17.7. The van der Waals surface area contributed by atoms with Gasteiger partial charge in [0.05, 0.1) is 17.7 Å². The molecular weight excluding hydrogens is 450 g/mol. The van der Waals surface area contributed by atoms with Crippen LogP contribution in [0.1, 0.15) is 59.8 Å². The van der Waals surface area contributed by atoms with E-state index in [2.05, 4.69) is 0 Å². The van der Waals surface area contributed by atoms with Gasteiger partial charge in [0.15, 0.2) is 5.56 Å². The van der Waals surface area contributed by atoms with Gasteiger partial charge in [0.2, 0.25) is 5.88 Å². The molecular formula is C28H30ClNO4. The van der Waals surface area contributed by atoms with E-state index in [9.17, 15) is 4.79 Å². The summed E-state index contributed by atoms with van der Waals surface area (Å²) in [5.41, 5.74) is 3.04. The van der Waals surface area contributed by atoms with Crippen LogP contribution in [0, 0.1) is 0 Å².